The maximum Gasteiger partial charge on any atom is 0.279 e. The van der Waals surface area contributed by atoms with Crippen molar-refractivity contribution in [2.75, 3.05) is 5.32 Å². The van der Waals surface area contributed by atoms with E-state index in [1.807, 2.05) is 0 Å². The highest BCUT2D eigenvalue weighted by Gasteiger charge is 2.17. The number of hydrogen-bond donors (Lipinski definition) is 1. The number of thiazole rings is 1. The zero-order chi connectivity index (χ0) is 15.9. The molecule has 2 heterocycles. The van der Waals surface area contributed by atoms with Gasteiger partial charge in [-0.05, 0) is 22.0 Å². The quantitative estimate of drug-likeness (QED) is 0.554. The molecule has 8 nitrogen and oxygen atoms in total. The van der Waals surface area contributed by atoms with E-state index in [1.165, 1.54) is 28.2 Å². The van der Waals surface area contributed by atoms with Crippen molar-refractivity contribution in [1.82, 2.24) is 14.8 Å². The largest absolute Gasteiger partial charge is 0.296 e. The maximum absolute atomic E-state index is 12.1. The standard InChI is InChI=1S/C12H8BrN5O3S/c1-17-5-7(13)10(16-17)11(19)15-12-14-8-3-2-6(18(20)21)4-9(8)22-12/h2-5H,1H3,(H,14,15,19). The highest BCUT2D eigenvalue weighted by Crippen LogP contribution is 2.29. The van der Waals surface area contributed by atoms with E-state index in [4.69, 9.17) is 0 Å². The molecule has 1 amide bonds. The van der Waals surface area contributed by atoms with Crippen molar-refractivity contribution in [3.8, 4) is 0 Å². The second kappa shape index (κ2) is 5.46. The molecule has 1 N–H and O–H groups in total. The van der Waals surface area contributed by atoms with Crippen LogP contribution in [0.25, 0.3) is 10.2 Å². The second-order valence-corrected chi connectivity index (χ2v) is 6.27. The van der Waals surface area contributed by atoms with Crippen LogP contribution in [0.1, 0.15) is 10.5 Å². The number of carbonyl (C=O) groups excluding carboxylic acids is 1. The number of benzene rings is 1. The van der Waals surface area contributed by atoms with Gasteiger partial charge in [-0.15, -0.1) is 0 Å². The van der Waals surface area contributed by atoms with Crippen LogP contribution in [0.5, 0.6) is 0 Å². The van der Waals surface area contributed by atoms with Gasteiger partial charge >= 0.3 is 0 Å². The van der Waals surface area contributed by atoms with Gasteiger partial charge in [0.05, 0.1) is 19.6 Å². The van der Waals surface area contributed by atoms with Gasteiger partial charge in [-0.25, -0.2) is 4.98 Å². The lowest BCUT2D eigenvalue weighted by molar-refractivity contribution is -0.384. The normalized spacial score (nSPS) is 10.8. The molecule has 2 aromatic heterocycles. The zero-order valence-corrected chi connectivity index (χ0v) is 13.5. The number of anilines is 1. The average molecular weight is 382 g/mol. The highest BCUT2D eigenvalue weighted by atomic mass is 79.9. The van der Waals surface area contributed by atoms with E-state index >= 15 is 0 Å². The summed E-state index contributed by atoms with van der Waals surface area (Å²) in [6.07, 6.45) is 1.66. The lowest BCUT2D eigenvalue weighted by Crippen LogP contribution is -2.13. The topological polar surface area (TPSA) is 103 Å². The van der Waals surface area contributed by atoms with E-state index in [-0.39, 0.29) is 11.4 Å². The molecule has 22 heavy (non-hydrogen) atoms. The van der Waals surface area contributed by atoms with Crippen molar-refractivity contribution in [3.63, 3.8) is 0 Å². The Labute approximate surface area is 136 Å². The number of rotatable bonds is 3. The van der Waals surface area contributed by atoms with Crippen LogP contribution in [0.2, 0.25) is 0 Å². The van der Waals surface area contributed by atoms with Crippen LogP contribution >= 0.6 is 27.3 Å². The van der Waals surface area contributed by atoms with E-state index < -0.39 is 10.8 Å². The number of carbonyl (C=O) groups is 1. The van der Waals surface area contributed by atoms with Crippen molar-refractivity contribution in [1.29, 1.82) is 0 Å². The van der Waals surface area contributed by atoms with Gasteiger partial charge in [0.2, 0.25) is 0 Å². The Balaban J connectivity index is 1.89. The predicted molar refractivity (Wildman–Crippen MR) is 85.1 cm³/mol. The number of nitrogens with one attached hydrogen (secondary N) is 1. The summed E-state index contributed by atoms with van der Waals surface area (Å²) in [5.41, 5.74) is 0.820. The molecule has 1 aromatic carbocycles. The van der Waals surface area contributed by atoms with Gasteiger partial charge in [-0.1, -0.05) is 11.3 Å². The van der Waals surface area contributed by atoms with Crippen LogP contribution in [-0.2, 0) is 7.05 Å². The van der Waals surface area contributed by atoms with Gasteiger partial charge in [0.1, 0.15) is 0 Å². The lowest BCUT2D eigenvalue weighted by Gasteiger charge is -1.97. The van der Waals surface area contributed by atoms with E-state index in [0.717, 1.165) is 0 Å². The fourth-order valence-electron chi connectivity index (χ4n) is 1.85. The van der Waals surface area contributed by atoms with Gasteiger partial charge in [0, 0.05) is 25.4 Å². The molecule has 0 aliphatic heterocycles. The monoisotopic (exact) mass is 381 g/mol. The van der Waals surface area contributed by atoms with E-state index in [2.05, 4.69) is 31.3 Å². The molecule has 10 heteroatoms. The van der Waals surface area contributed by atoms with E-state index in [9.17, 15) is 14.9 Å². The van der Waals surface area contributed by atoms with Crippen LogP contribution < -0.4 is 5.32 Å². The van der Waals surface area contributed by atoms with Crippen LogP contribution in [-0.4, -0.2) is 25.6 Å². The first-order valence-corrected chi connectivity index (χ1v) is 7.60. The average Bonchev–Trinajstić information content (AvgIpc) is 2.99. The molecule has 112 valence electrons. The minimum atomic E-state index is -0.470. The van der Waals surface area contributed by atoms with Gasteiger partial charge in [0.15, 0.2) is 10.8 Å². The molecule has 0 fully saturated rings. The summed E-state index contributed by atoms with van der Waals surface area (Å²) in [6.45, 7) is 0. The number of fused-ring (bicyclic) bond motifs is 1. The number of nitro groups is 1. The fourth-order valence-corrected chi connectivity index (χ4v) is 3.30. The number of aromatic nitrogens is 3. The second-order valence-electron chi connectivity index (χ2n) is 4.38. The Morgan fingerprint density at radius 2 is 2.27 bits per heavy atom. The third-order valence-corrected chi connectivity index (χ3v) is 4.32. The number of non-ortho nitro benzene ring substituents is 1. The maximum atomic E-state index is 12.1. The van der Waals surface area contributed by atoms with Crippen LogP contribution in [0.3, 0.4) is 0 Å². The van der Waals surface area contributed by atoms with Gasteiger partial charge in [-0.3, -0.25) is 24.9 Å². The Bertz CT molecular complexity index is 903. The van der Waals surface area contributed by atoms with Crippen molar-refractivity contribution in [3.05, 3.63) is 44.7 Å². The number of nitro benzene ring substituents is 1. The summed E-state index contributed by atoms with van der Waals surface area (Å²) in [7, 11) is 1.71. The Morgan fingerprint density at radius 3 is 2.91 bits per heavy atom. The SMILES string of the molecule is Cn1cc(Br)c(C(=O)Nc2nc3ccc([N+](=O)[O-])cc3s2)n1. The first-order valence-electron chi connectivity index (χ1n) is 5.99. The van der Waals surface area contributed by atoms with E-state index in [0.29, 0.717) is 19.8 Å². The molecule has 0 radical (unpaired) electrons. The van der Waals surface area contributed by atoms with Crippen LogP contribution in [0, 0.1) is 10.1 Å². The van der Waals surface area contributed by atoms with Crippen molar-refractivity contribution in [2.45, 2.75) is 0 Å². The summed E-state index contributed by atoms with van der Waals surface area (Å²) < 4.78 is 2.72. The molecule has 0 aliphatic carbocycles. The summed E-state index contributed by atoms with van der Waals surface area (Å²) >= 11 is 4.42. The number of halogens is 1. The van der Waals surface area contributed by atoms with Gasteiger partial charge in [0.25, 0.3) is 11.6 Å². The highest BCUT2D eigenvalue weighted by molar-refractivity contribution is 9.10. The Kier molecular flexibility index (Phi) is 3.62. The van der Waals surface area contributed by atoms with Crippen molar-refractivity contribution in [2.24, 2.45) is 7.05 Å². The summed E-state index contributed by atoms with van der Waals surface area (Å²) in [5.74, 6) is -0.402. The molecule has 0 bridgehead atoms. The third-order valence-electron chi connectivity index (χ3n) is 2.80. The van der Waals surface area contributed by atoms with Gasteiger partial charge < -0.3 is 0 Å². The van der Waals surface area contributed by atoms with Gasteiger partial charge in [-0.2, -0.15) is 5.10 Å². The third kappa shape index (κ3) is 2.70. The molecule has 3 aromatic rings. The number of hydrogen-bond acceptors (Lipinski definition) is 6. The summed E-state index contributed by atoms with van der Waals surface area (Å²) in [4.78, 5) is 26.7. The zero-order valence-electron chi connectivity index (χ0n) is 11.1. The van der Waals surface area contributed by atoms with Crippen LogP contribution in [0.4, 0.5) is 10.8 Å². The van der Waals surface area contributed by atoms with Crippen LogP contribution in [0.15, 0.2) is 28.9 Å². The molecule has 0 saturated carbocycles. The smallest absolute Gasteiger partial charge is 0.279 e. The number of nitrogens with zero attached hydrogens (tertiary/aromatic N) is 4. The molecule has 0 saturated heterocycles. The summed E-state index contributed by atoms with van der Waals surface area (Å²) in [6, 6.07) is 4.36. The minimum absolute atomic E-state index is 0.0125. The Hall–Kier alpha value is -2.33. The molecule has 0 spiro atoms. The molecule has 0 atom stereocenters. The van der Waals surface area contributed by atoms with Crippen molar-refractivity contribution < 1.29 is 9.72 Å². The Morgan fingerprint density at radius 1 is 1.50 bits per heavy atom. The first-order chi connectivity index (χ1) is 10.4. The van der Waals surface area contributed by atoms with Crippen molar-refractivity contribution >= 4 is 54.2 Å². The fraction of sp³-hybridized carbons (Fsp3) is 0.0833. The molecule has 3 rings (SSSR count). The molecular weight excluding hydrogens is 374 g/mol. The number of amides is 1. The minimum Gasteiger partial charge on any atom is -0.296 e. The number of aryl methyl sites for hydroxylation is 1. The molecule has 0 aliphatic rings. The first kappa shape index (κ1) is 14.6. The predicted octanol–water partition coefficient (Wildman–Crippen LogP) is 2.95. The van der Waals surface area contributed by atoms with E-state index in [1.54, 1.807) is 19.3 Å². The lowest BCUT2D eigenvalue weighted by atomic mass is 10.3. The molecule has 0 unspecified atom stereocenters. The molecular formula is C12H8BrN5O3S. The summed E-state index contributed by atoms with van der Waals surface area (Å²) in [5, 5.41) is 17.8.